The molecule has 0 radical (unpaired) electrons. The molecule has 2 bridgehead atoms. The highest BCUT2D eigenvalue weighted by Crippen LogP contribution is 2.48. The van der Waals surface area contributed by atoms with Gasteiger partial charge < -0.3 is 9.73 Å². The van der Waals surface area contributed by atoms with Crippen molar-refractivity contribution in [1.82, 2.24) is 5.32 Å². The largest absolute Gasteiger partial charge is 0.456 e. The Balaban J connectivity index is 1.34. The van der Waals surface area contributed by atoms with Crippen molar-refractivity contribution in [2.45, 2.75) is 38.1 Å². The Labute approximate surface area is 158 Å². The van der Waals surface area contributed by atoms with E-state index in [1.807, 2.05) is 36.4 Å². The first-order chi connectivity index (χ1) is 13.2. The van der Waals surface area contributed by atoms with E-state index in [1.165, 1.54) is 19.3 Å². The summed E-state index contributed by atoms with van der Waals surface area (Å²) >= 11 is 0. The molecule has 0 aliphatic heterocycles. The Morgan fingerprint density at radius 3 is 2.78 bits per heavy atom. The average molecular weight is 358 g/mol. The summed E-state index contributed by atoms with van der Waals surface area (Å²) in [6.07, 6.45) is 5.15. The number of benzene rings is 2. The van der Waals surface area contributed by atoms with Crippen molar-refractivity contribution in [2.75, 3.05) is 0 Å². The van der Waals surface area contributed by atoms with Crippen LogP contribution in [0.15, 0.2) is 46.9 Å². The van der Waals surface area contributed by atoms with Gasteiger partial charge in [0, 0.05) is 23.1 Å². The Morgan fingerprint density at radius 2 is 2.00 bits per heavy atom. The van der Waals surface area contributed by atoms with E-state index in [0.29, 0.717) is 12.3 Å². The number of para-hydroxylation sites is 1. The van der Waals surface area contributed by atoms with Crippen molar-refractivity contribution in [1.29, 1.82) is 5.26 Å². The second-order valence-electron chi connectivity index (χ2n) is 8.10. The summed E-state index contributed by atoms with van der Waals surface area (Å²) in [5.74, 6) is 1.44. The van der Waals surface area contributed by atoms with E-state index in [9.17, 15) is 10.1 Å². The first-order valence-corrected chi connectivity index (χ1v) is 9.81. The maximum atomic E-state index is 12.7. The fourth-order valence-corrected chi connectivity index (χ4v) is 5.11. The first kappa shape index (κ1) is 16.4. The van der Waals surface area contributed by atoms with Gasteiger partial charge in [0.25, 0.3) is 0 Å². The average Bonchev–Trinajstić information content (AvgIpc) is 3.41. The molecule has 4 atom stereocenters. The van der Waals surface area contributed by atoms with Crippen LogP contribution in [0.4, 0.5) is 0 Å². The number of nitrogens with zero attached hydrogens (tertiary/aromatic N) is 1. The lowest BCUT2D eigenvalue weighted by atomic mass is 9.88. The lowest BCUT2D eigenvalue weighted by Crippen LogP contribution is -2.40. The molecule has 4 heteroatoms. The highest BCUT2D eigenvalue weighted by atomic mass is 16.3. The number of fused-ring (bicyclic) bond motifs is 5. The zero-order valence-corrected chi connectivity index (χ0v) is 15.2. The number of carbonyl (C=O) groups is 1. The predicted octanol–water partition coefficient (Wildman–Crippen LogP) is 4.57. The van der Waals surface area contributed by atoms with Gasteiger partial charge in [-0.05, 0) is 54.9 Å². The van der Waals surface area contributed by atoms with E-state index in [4.69, 9.17) is 4.42 Å². The molecule has 0 spiro atoms. The van der Waals surface area contributed by atoms with Gasteiger partial charge in [0.1, 0.15) is 17.2 Å². The van der Waals surface area contributed by atoms with Crippen molar-refractivity contribution in [3.63, 3.8) is 0 Å². The molecule has 5 rings (SSSR count). The number of rotatable bonds is 4. The van der Waals surface area contributed by atoms with E-state index in [2.05, 4.69) is 17.5 Å². The quantitative estimate of drug-likeness (QED) is 0.743. The highest BCUT2D eigenvalue weighted by molar-refractivity contribution is 6.05. The van der Waals surface area contributed by atoms with Crippen LogP contribution < -0.4 is 5.32 Å². The summed E-state index contributed by atoms with van der Waals surface area (Å²) in [5.41, 5.74) is 2.75. The Morgan fingerprint density at radius 1 is 1.15 bits per heavy atom. The SMILES string of the molecule is N#CC(Cc1ccc2oc3ccccc3c2c1)NC(=O)[C@H]1C[C@@H]2CC[C@H]1C2. The van der Waals surface area contributed by atoms with Gasteiger partial charge in [0.2, 0.25) is 5.91 Å². The Bertz CT molecular complexity index is 1060. The van der Waals surface area contributed by atoms with Crippen LogP contribution >= 0.6 is 0 Å². The lowest BCUT2D eigenvalue weighted by molar-refractivity contribution is -0.126. The number of furan rings is 1. The van der Waals surface area contributed by atoms with Crippen molar-refractivity contribution < 1.29 is 9.21 Å². The van der Waals surface area contributed by atoms with Crippen LogP contribution in [-0.4, -0.2) is 11.9 Å². The van der Waals surface area contributed by atoms with Gasteiger partial charge >= 0.3 is 0 Å². The topological polar surface area (TPSA) is 66.0 Å². The minimum absolute atomic E-state index is 0.0728. The molecule has 136 valence electrons. The summed E-state index contributed by atoms with van der Waals surface area (Å²) in [6.45, 7) is 0. The number of carbonyl (C=O) groups excluding carboxylic acids is 1. The molecule has 1 unspecified atom stereocenters. The fourth-order valence-electron chi connectivity index (χ4n) is 5.11. The molecule has 27 heavy (non-hydrogen) atoms. The minimum atomic E-state index is -0.493. The van der Waals surface area contributed by atoms with Crippen molar-refractivity contribution >= 4 is 27.8 Å². The van der Waals surface area contributed by atoms with E-state index >= 15 is 0 Å². The number of nitrogens with one attached hydrogen (secondary N) is 1. The maximum absolute atomic E-state index is 12.7. The molecule has 2 aromatic carbocycles. The van der Waals surface area contributed by atoms with Crippen LogP contribution in [0.25, 0.3) is 21.9 Å². The molecule has 2 aliphatic rings. The van der Waals surface area contributed by atoms with Crippen LogP contribution in [0.1, 0.15) is 31.2 Å². The predicted molar refractivity (Wildman–Crippen MR) is 104 cm³/mol. The van der Waals surface area contributed by atoms with Gasteiger partial charge in [-0.1, -0.05) is 30.7 Å². The summed E-state index contributed by atoms with van der Waals surface area (Å²) in [5, 5.41) is 14.7. The molecule has 3 aromatic rings. The third kappa shape index (κ3) is 2.88. The van der Waals surface area contributed by atoms with E-state index in [-0.39, 0.29) is 11.8 Å². The van der Waals surface area contributed by atoms with Gasteiger partial charge in [-0.25, -0.2) is 0 Å². The van der Waals surface area contributed by atoms with Crippen LogP contribution in [-0.2, 0) is 11.2 Å². The van der Waals surface area contributed by atoms with Gasteiger partial charge in [-0.2, -0.15) is 5.26 Å². The molecule has 1 N–H and O–H groups in total. The van der Waals surface area contributed by atoms with E-state index in [1.54, 1.807) is 0 Å². The third-order valence-electron chi connectivity index (χ3n) is 6.43. The van der Waals surface area contributed by atoms with Crippen LogP contribution in [0.5, 0.6) is 0 Å². The molecule has 4 nitrogen and oxygen atoms in total. The number of hydrogen-bond donors (Lipinski definition) is 1. The molecule has 0 saturated heterocycles. The zero-order chi connectivity index (χ0) is 18.4. The van der Waals surface area contributed by atoms with Gasteiger partial charge in [-0.15, -0.1) is 0 Å². The van der Waals surface area contributed by atoms with Crippen molar-refractivity contribution in [3.8, 4) is 6.07 Å². The van der Waals surface area contributed by atoms with Gasteiger partial charge in [-0.3, -0.25) is 4.79 Å². The summed E-state index contributed by atoms with van der Waals surface area (Å²) < 4.78 is 5.86. The van der Waals surface area contributed by atoms with Gasteiger partial charge in [0.15, 0.2) is 0 Å². The second kappa shape index (κ2) is 6.42. The molecule has 1 amide bonds. The summed E-state index contributed by atoms with van der Waals surface area (Å²) in [4.78, 5) is 12.7. The molecular weight excluding hydrogens is 336 g/mol. The standard InChI is InChI=1S/C23H22N2O2/c24-13-17(25-23(26)19-11-14-5-7-16(19)9-14)10-15-6-8-22-20(12-15)18-3-1-2-4-21(18)27-22/h1-4,6,8,12,14,16-17,19H,5,7,9-11H2,(H,25,26)/t14-,16+,17?,19+/m1/s1. The summed E-state index contributed by atoms with van der Waals surface area (Å²) in [6, 6.07) is 15.8. The smallest absolute Gasteiger partial charge is 0.224 e. The molecule has 2 aliphatic carbocycles. The van der Waals surface area contributed by atoms with Crippen LogP contribution in [0, 0.1) is 29.1 Å². The monoisotopic (exact) mass is 358 g/mol. The van der Waals surface area contributed by atoms with Crippen LogP contribution in [0.3, 0.4) is 0 Å². The second-order valence-corrected chi connectivity index (χ2v) is 8.10. The Hall–Kier alpha value is -2.80. The van der Waals surface area contributed by atoms with Crippen LogP contribution in [0.2, 0.25) is 0 Å². The van der Waals surface area contributed by atoms with Crippen molar-refractivity contribution in [2.24, 2.45) is 17.8 Å². The Kier molecular flexibility index (Phi) is 3.89. The van der Waals surface area contributed by atoms with E-state index < -0.39 is 6.04 Å². The molecule has 1 heterocycles. The van der Waals surface area contributed by atoms with Gasteiger partial charge in [0.05, 0.1) is 6.07 Å². The van der Waals surface area contributed by atoms with Crippen molar-refractivity contribution in [3.05, 3.63) is 48.0 Å². The van der Waals surface area contributed by atoms with E-state index in [0.717, 1.165) is 39.8 Å². The normalized spacial score (nSPS) is 24.9. The molecule has 2 saturated carbocycles. The first-order valence-electron chi connectivity index (χ1n) is 9.81. The lowest BCUT2D eigenvalue weighted by Gasteiger charge is -2.22. The molecule has 2 fully saturated rings. The number of hydrogen-bond acceptors (Lipinski definition) is 3. The zero-order valence-electron chi connectivity index (χ0n) is 15.2. The molecule has 1 aromatic heterocycles. The molecular formula is C23H22N2O2. The maximum Gasteiger partial charge on any atom is 0.224 e. The minimum Gasteiger partial charge on any atom is -0.456 e. The third-order valence-corrected chi connectivity index (χ3v) is 6.43. The number of nitriles is 1. The fraction of sp³-hybridized carbons (Fsp3) is 0.391. The highest BCUT2D eigenvalue weighted by Gasteiger charge is 2.43. The summed E-state index contributed by atoms with van der Waals surface area (Å²) in [7, 11) is 0. The number of amides is 1.